The number of nitrogens with one attached hydrogen (secondary N) is 14. The molecule has 3 aliphatic rings. The highest BCUT2D eigenvalue weighted by Gasteiger charge is 2.38. The Labute approximate surface area is 571 Å². The van der Waals surface area contributed by atoms with Gasteiger partial charge in [-0.3, -0.25) is 67.1 Å². The van der Waals surface area contributed by atoms with Crippen LogP contribution in [-0.2, 0) is 80.0 Å². The smallest absolute Gasteiger partial charge is 0.244 e. The molecule has 96 heavy (non-hydrogen) atoms. The standard InChI is InChI=1S/C59H90N18O15S4/c1-30(2)19-38-54(87)75-43-27-96-94-26-42(51(84)65-23-46(80)68-39(20-32-11-13-34(78)14-12-32)55(88)69-35(52(85)71-38)9-5-7-17-60)74-58(91)44(76-59(92)48(31(3)4)77-47(81)24-64-50(83)37-15-16-45(79)67-37)28-95-93-25-41(49(62)82)73-53(86)36(10-6-8-18-61)70-56(89)40(72-57(43)90)21-33-22-63-29-66-33/h11-14,22,29-31,35-44,48,78H,5-10,15-21,23-28,60-61H2,1-4H3,(H2,62,82)(H,63,66)(H,64,83)(H,65,84)(H,67,79)(H,68,80)(H,69,88)(H,70,89)(H,71,85)(H,72,90)(H,73,86)(H,74,91)(H,75,87)(H,76,92)(H,77,81)/t35-,36-,37-,38-,39-,40-,41-,42-,43-,44-,48-/m0/s1. The summed E-state index contributed by atoms with van der Waals surface area (Å²) in [6, 6.07) is -9.61. The van der Waals surface area contributed by atoms with Gasteiger partial charge in [-0.05, 0) is 94.0 Å². The molecule has 0 unspecified atom stereocenters. The first-order chi connectivity index (χ1) is 45.7. The molecular formula is C59H90N18O15S4. The normalized spacial score (nSPS) is 24.8. The fourth-order valence-corrected chi connectivity index (χ4v) is 14.6. The van der Waals surface area contributed by atoms with E-state index in [1.807, 2.05) is 0 Å². The minimum atomic E-state index is -1.59. The third-order valence-electron chi connectivity index (χ3n) is 15.2. The highest BCUT2D eigenvalue weighted by molar-refractivity contribution is 8.77. The predicted molar refractivity (Wildman–Crippen MR) is 360 cm³/mol. The number of aromatic nitrogens is 2. The number of benzene rings is 1. The third-order valence-corrected chi connectivity index (χ3v) is 20.1. The maximum atomic E-state index is 14.9. The molecule has 5 rings (SSSR count). The molecule has 14 amide bonds. The zero-order chi connectivity index (χ0) is 70.4. The minimum Gasteiger partial charge on any atom is -0.508 e. The number of H-pyrrole nitrogens is 1. The molecule has 3 aliphatic heterocycles. The van der Waals surface area contributed by atoms with Crippen molar-refractivity contribution < 1.29 is 72.2 Å². The number of rotatable bonds is 22. The Kier molecular flexibility index (Phi) is 33.4. The van der Waals surface area contributed by atoms with Crippen LogP contribution >= 0.6 is 43.2 Å². The van der Waals surface area contributed by atoms with Crippen molar-refractivity contribution in [3.63, 3.8) is 0 Å². The Bertz CT molecular complexity index is 3030. The van der Waals surface area contributed by atoms with E-state index in [0.717, 1.165) is 43.2 Å². The molecule has 33 nitrogen and oxygen atoms in total. The number of hydrogen-bond donors (Lipinski definition) is 18. The molecule has 11 atom stereocenters. The first-order valence-electron chi connectivity index (χ1n) is 31.5. The van der Waals surface area contributed by atoms with E-state index in [1.54, 1.807) is 27.7 Å². The lowest BCUT2D eigenvalue weighted by molar-refractivity contribution is -0.135. The first kappa shape index (κ1) is 78.8. The number of aromatic hydroxyl groups is 1. The Morgan fingerprint density at radius 3 is 1.73 bits per heavy atom. The maximum Gasteiger partial charge on any atom is 0.244 e. The lowest BCUT2D eigenvalue weighted by Crippen LogP contribution is -2.61. The molecule has 0 aliphatic carbocycles. The van der Waals surface area contributed by atoms with Crippen LogP contribution in [0, 0.1) is 11.8 Å². The summed E-state index contributed by atoms with van der Waals surface area (Å²) in [5.41, 5.74) is 18.3. The van der Waals surface area contributed by atoms with Crippen molar-refractivity contribution in [2.75, 3.05) is 49.2 Å². The lowest BCUT2D eigenvalue weighted by atomic mass is 10.0. The van der Waals surface area contributed by atoms with Crippen LogP contribution in [0.5, 0.6) is 5.75 Å². The zero-order valence-corrected chi connectivity index (χ0v) is 57.1. The van der Waals surface area contributed by atoms with Gasteiger partial charge in [0.05, 0.1) is 19.4 Å². The van der Waals surface area contributed by atoms with E-state index in [-0.39, 0.29) is 98.6 Å². The molecule has 37 heteroatoms. The number of nitrogens with two attached hydrogens (primary N) is 3. The molecule has 0 spiro atoms. The van der Waals surface area contributed by atoms with E-state index in [2.05, 4.69) is 79.1 Å². The highest BCUT2D eigenvalue weighted by Crippen LogP contribution is 2.26. The summed E-state index contributed by atoms with van der Waals surface area (Å²) in [7, 11) is 3.72. The zero-order valence-electron chi connectivity index (χ0n) is 53.9. The van der Waals surface area contributed by atoms with Gasteiger partial charge < -0.3 is 96.4 Å². The van der Waals surface area contributed by atoms with Gasteiger partial charge in [0.2, 0.25) is 82.7 Å². The van der Waals surface area contributed by atoms with Gasteiger partial charge >= 0.3 is 0 Å². The van der Waals surface area contributed by atoms with Gasteiger partial charge in [-0.25, -0.2) is 4.98 Å². The average Bonchev–Trinajstić information content (AvgIpc) is 1.10. The Morgan fingerprint density at radius 2 is 1.16 bits per heavy atom. The number of phenols is 1. The van der Waals surface area contributed by atoms with Crippen LogP contribution in [0.2, 0.25) is 0 Å². The van der Waals surface area contributed by atoms with Crippen molar-refractivity contribution in [2.24, 2.45) is 29.0 Å². The predicted octanol–water partition coefficient (Wildman–Crippen LogP) is -4.51. The van der Waals surface area contributed by atoms with Crippen LogP contribution in [0.25, 0.3) is 0 Å². The summed E-state index contributed by atoms with van der Waals surface area (Å²) in [5, 5.41) is 44.1. The molecule has 530 valence electrons. The molecule has 1 aromatic carbocycles. The quantitative estimate of drug-likeness (QED) is 0.0390. The van der Waals surface area contributed by atoms with Crippen molar-refractivity contribution in [3.8, 4) is 5.75 Å². The summed E-state index contributed by atoms with van der Waals surface area (Å²) >= 11 is 0. The molecule has 0 saturated carbocycles. The van der Waals surface area contributed by atoms with Crippen molar-refractivity contribution >= 4 is 126 Å². The monoisotopic (exact) mass is 1420 g/mol. The van der Waals surface area contributed by atoms with E-state index in [9.17, 15) is 72.2 Å². The molecule has 21 N–H and O–H groups in total. The second-order valence-electron chi connectivity index (χ2n) is 23.9. The molecule has 4 heterocycles. The molecule has 2 bridgehead atoms. The number of nitrogens with zero attached hydrogens (tertiary/aromatic N) is 1. The van der Waals surface area contributed by atoms with Crippen LogP contribution in [-0.4, -0.2) is 213 Å². The molecule has 3 saturated heterocycles. The summed E-state index contributed by atoms with van der Waals surface area (Å²) in [6.07, 6.45) is 4.11. The number of fused-ring (bicyclic) bond motifs is 5. The number of phenolic OH excluding ortho intramolecular Hbond substituents is 1. The summed E-state index contributed by atoms with van der Waals surface area (Å²) < 4.78 is 0. The number of carbonyl (C=O) groups is 14. The van der Waals surface area contributed by atoms with Crippen LogP contribution < -0.4 is 86.3 Å². The third kappa shape index (κ3) is 27.0. The summed E-state index contributed by atoms with van der Waals surface area (Å²) in [5.74, 6) is -14.0. The van der Waals surface area contributed by atoms with Crippen LogP contribution in [0.1, 0.15) is 96.7 Å². The maximum absolute atomic E-state index is 14.9. The largest absolute Gasteiger partial charge is 0.508 e. The van der Waals surface area contributed by atoms with E-state index in [0.29, 0.717) is 36.9 Å². The number of imidazole rings is 1. The molecular weight excluding hydrogens is 1330 g/mol. The summed E-state index contributed by atoms with van der Waals surface area (Å²) in [4.78, 5) is 203. The second-order valence-corrected chi connectivity index (χ2v) is 29.0. The topological polar surface area (TPSA) is 522 Å². The van der Waals surface area contributed by atoms with Crippen molar-refractivity contribution in [1.29, 1.82) is 0 Å². The number of primary amides is 1. The molecule has 2 aromatic rings. The highest BCUT2D eigenvalue weighted by atomic mass is 33.1. The summed E-state index contributed by atoms with van der Waals surface area (Å²) in [6.45, 7) is 5.81. The van der Waals surface area contributed by atoms with Gasteiger partial charge in [-0.2, -0.15) is 0 Å². The molecule has 1 aromatic heterocycles. The fraction of sp³-hybridized carbons (Fsp3) is 0.610. The molecule has 3 fully saturated rings. The van der Waals surface area contributed by atoms with E-state index in [4.69, 9.17) is 17.2 Å². The second kappa shape index (κ2) is 40.6. The van der Waals surface area contributed by atoms with E-state index < -0.39 is 162 Å². The lowest BCUT2D eigenvalue weighted by Gasteiger charge is -2.29. The number of aromatic amines is 1. The number of carbonyl (C=O) groups excluding carboxylic acids is 14. The van der Waals surface area contributed by atoms with Crippen LogP contribution in [0.3, 0.4) is 0 Å². The number of hydrogen-bond acceptors (Lipinski definition) is 22. The Hall–Kier alpha value is -7.87. The van der Waals surface area contributed by atoms with Gasteiger partial charge in [0.25, 0.3) is 0 Å². The average molecular weight is 1420 g/mol. The number of amides is 14. The van der Waals surface area contributed by atoms with E-state index in [1.165, 1.54) is 36.8 Å². The van der Waals surface area contributed by atoms with Crippen LogP contribution in [0.4, 0.5) is 0 Å². The van der Waals surface area contributed by atoms with Gasteiger partial charge in [-0.1, -0.05) is 83.0 Å². The fourth-order valence-electron chi connectivity index (χ4n) is 9.90. The first-order valence-corrected chi connectivity index (χ1v) is 36.5. The minimum absolute atomic E-state index is 0.00327. The molecule has 0 radical (unpaired) electrons. The van der Waals surface area contributed by atoms with Gasteiger partial charge in [0.1, 0.15) is 72.2 Å². The van der Waals surface area contributed by atoms with Crippen molar-refractivity contribution in [1.82, 2.24) is 79.1 Å². The van der Waals surface area contributed by atoms with E-state index >= 15 is 0 Å². The van der Waals surface area contributed by atoms with Crippen molar-refractivity contribution in [2.45, 2.75) is 165 Å². The van der Waals surface area contributed by atoms with Crippen molar-refractivity contribution in [3.05, 3.63) is 48.0 Å². The van der Waals surface area contributed by atoms with Gasteiger partial charge in [0, 0.05) is 54.2 Å². The van der Waals surface area contributed by atoms with Gasteiger partial charge in [-0.15, -0.1) is 0 Å². The Morgan fingerprint density at radius 1 is 0.604 bits per heavy atom. The van der Waals surface area contributed by atoms with Gasteiger partial charge in [0.15, 0.2) is 0 Å². The van der Waals surface area contributed by atoms with Crippen LogP contribution in [0.15, 0.2) is 36.8 Å². The number of unbranched alkanes of at least 4 members (excludes halogenated alkanes) is 2. The SMILES string of the molecule is CC(C)C[C@@H]1NC(=O)[C@H](CCCCN)NC(=O)[C@H](Cc2ccc(O)cc2)NC(=O)CNC(=O)[C@@H]2CSSC[C@H](NC1=O)C(=O)N[C@@H](Cc1cnc[nH]1)C(=O)N[C@@H](CCCCN)C(=O)N[C@H](C(N)=O)CSSC[C@H](NC(=O)[C@@H](NC(=O)CNC(=O)[C@@H]1CCC(=O)N1)C(C)C)C(=O)N2. The Balaban J connectivity index is 1.60.